The first-order chi connectivity index (χ1) is 14.9. The molecule has 2 heterocycles. The monoisotopic (exact) mass is 421 g/mol. The van der Waals surface area contributed by atoms with Crippen LogP contribution in [-0.2, 0) is 11.2 Å². The molecule has 0 aliphatic heterocycles. The molecule has 2 N–H and O–H groups in total. The van der Waals surface area contributed by atoms with Crippen molar-refractivity contribution in [3.8, 4) is 11.5 Å². The highest BCUT2D eigenvalue weighted by molar-refractivity contribution is 5.90. The summed E-state index contributed by atoms with van der Waals surface area (Å²) in [4.78, 5) is 33.1. The number of amides is 1. The van der Waals surface area contributed by atoms with Gasteiger partial charge >= 0.3 is 5.63 Å². The number of para-hydroxylation sites is 2. The van der Waals surface area contributed by atoms with Gasteiger partial charge in [-0.1, -0.05) is 12.1 Å². The van der Waals surface area contributed by atoms with Crippen LogP contribution in [0.3, 0.4) is 0 Å². The number of H-pyrrole nitrogens is 1. The lowest BCUT2D eigenvalue weighted by Crippen LogP contribution is -2.30. The molecular weight excluding hydrogens is 398 g/mol. The van der Waals surface area contributed by atoms with Crippen molar-refractivity contribution < 1.29 is 18.7 Å². The maximum absolute atomic E-state index is 12.7. The summed E-state index contributed by atoms with van der Waals surface area (Å²) < 4.78 is 16.1. The van der Waals surface area contributed by atoms with Crippen LogP contribution in [-0.4, -0.2) is 30.1 Å². The van der Waals surface area contributed by atoms with Gasteiger partial charge in [0.25, 0.3) is 0 Å². The molecule has 0 aliphatic rings. The van der Waals surface area contributed by atoms with E-state index in [1.807, 2.05) is 31.2 Å². The molecule has 0 spiro atoms. The Hall–Kier alpha value is -3.81. The summed E-state index contributed by atoms with van der Waals surface area (Å²) in [6, 6.07) is 10.8. The van der Waals surface area contributed by atoms with Crippen molar-refractivity contribution >= 4 is 27.9 Å². The Kier molecular flexibility index (Phi) is 5.37. The summed E-state index contributed by atoms with van der Waals surface area (Å²) in [7, 11) is 2.99. The standard InChI is InChI=1S/C23H23N3O5/c1-12-14-9-10-18(29-3)21(30-4)20(14)31-23(28)15(12)11-19(27)24-13(2)22-25-16-7-5-6-8-17(16)26-22/h5-10,13H,11H2,1-4H3,(H,24,27)(H,25,26)/t13-/m0/s1. The predicted octanol–water partition coefficient (Wildman–Crippen LogP) is 3.41. The number of rotatable bonds is 6. The smallest absolute Gasteiger partial charge is 0.340 e. The Morgan fingerprint density at radius 3 is 2.68 bits per heavy atom. The lowest BCUT2D eigenvalue weighted by molar-refractivity contribution is -0.121. The number of carbonyl (C=O) groups excluding carboxylic acids is 1. The first-order valence-corrected chi connectivity index (χ1v) is 9.84. The minimum atomic E-state index is -0.580. The zero-order chi connectivity index (χ0) is 22.1. The molecule has 0 aliphatic carbocycles. The van der Waals surface area contributed by atoms with Gasteiger partial charge in [0.1, 0.15) is 5.82 Å². The highest BCUT2D eigenvalue weighted by Gasteiger charge is 2.21. The SMILES string of the molecule is COc1ccc2c(C)c(CC(=O)N[C@@H](C)c3nc4ccccc4[nH]3)c(=O)oc2c1OC. The van der Waals surface area contributed by atoms with Gasteiger partial charge < -0.3 is 24.2 Å². The summed E-state index contributed by atoms with van der Waals surface area (Å²) >= 11 is 0. The molecular formula is C23H23N3O5. The minimum absolute atomic E-state index is 0.108. The van der Waals surface area contributed by atoms with Crippen LogP contribution in [0.25, 0.3) is 22.0 Å². The Bertz CT molecular complexity index is 1310. The van der Waals surface area contributed by atoms with Gasteiger partial charge in [-0.3, -0.25) is 4.79 Å². The number of carbonyl (C=O) groups is 1. The van der Waals surface area contributed by atoms with Crippen molar-refractivity contribution in [1.82, 2.24) is 15.3 Å². The molecule has 31 heavy (non-hydrogen) atoms. The molecule has 4 aromatic rings. The number of ether oxygens (including phenoxy) is 2. The van der Waals surface area contributed by atoms with E-state index in [1.165, 1.54) is 14.2 Å². The summed E-state index contributed by atoms with van der Waals surface area (Å²) in [5, 5.41) is 3.58. The van der Waals surface area contributed by atoms with Gasteiger partial charge in [-0.05, 0) is 43.7 Å². The molecule has 160 valence electrons. The average Bonchev–Trinajstić information content (AvgIpc) is 3.20. The first-order valence-electron chi connectivity index (χ1n) is 9.84. The molecule has 0 saturated heterocycles. The second-order valence-corrected chi connectivity index (χ2v) is 7.28. The molecule has 0 fully saturated rings. The van der Waals surface area contributed by atoms with Crippen molar-refractivity contribution in [3.63, 3.8) is 0 Å². The van der Waals surface area contributed by atoms with E-state index < -0.39 is 5.63 Å². The van der Waals surface area contributed by atoms with Crippen LogP contribution in [0.1, 0.15) is 29.9 Å². The molecule has 1 atom stereocenters. The predicted molar refractivity (Wildman–Crippen MR) is 117 cm³/mol. The maximum atomic E-state index is 12.7. The Balaban J connectivity index is 1.60. The molecule has 8 nitrogen and oxygen atoms in total. The van der Waals surface area contributed by atoms with Crippen molar-refractivity contribution in [3.05, 3.63) is 63.8 Å². The van der Waals surface area contributed by atoms with Gasteiger partial charge in [-0.15, -0.1) is 0 Å². The highest BCUT2D eigenvalue weighted by atomic mass is 16.5. The normalized spacial score (nSPS) is 12.1. The number of hydrogen-bond acceptors (Lipinski definition) is 6. The lowest BCUT2D eigenvalue weighted by atomic mass is 10.0. The van der Waals surface area contributed by atoms with E-state index in [2.05, 4.69) is 15.3 Å². The van der Waals surface area contributed by atoms with Crippen LogP contribution in [0.4, 0.5) is 0 Å². The Morgan fingerprint density at radius 2 is 1.97 bits per heavy atom. The molecule has 1 amide bonds. The number of nitrogens with one attached hydrogen (secondary N) is 2. The molecule has 2 aromatic heterocycles. The van der Waals surface area contributed by atoms with E-state index in [9.17, 15) is 9.59 Å². The number of hydrogen-bond donors (Lipinski definition) is 2. The number of methoxy groups -OCH3 is 2. The average molecular weight is 421 g/mol. The number of fused-ring (bicyclic) bond motifs is 2. The fraction of sp³-hybridized carbons (Fsp3) is 0.261. The van der Waals surface area contributed by atoms with Crippen molar-refractivity contribution in [2.75, 3.05) is 14.2 Å². The van der Waals surface area contributed by atoms with E-state index in [4.69, 9.17) is 13.9 Å². The summed E-state index contributed by atoms with van der Waals surface area (Å²) in [6.07, 6.45) is -0.108. The number of imidazole rings is 1. The third-order valence-electron chi connectivity index (χ3n) is 5.33. The number of aromatic amines is 1. The number of benzene rings is 2. The molecule has 4 rings (SSSR count). The Morgan fingerprint density at radius 1 is 1.19 bits per heavy atom. The maximum Gasteiger partial charge on any atom is 0.340 e. The van der Waals surface area contributed by atoms with Crippen LogP contribution < -0.4 is 20.4 Å². The van der Waals surface area contributed by atoms with E-state index in [-0.39, 0.29) is 18.4 Å². The fourth-order valence-electron chi connectivity index (χ4n) is 3.67. The van der Waals surface area contributed by atoms with Gasteiger partial charge in [-0.25, -0.2) is 9.78 Å². The zero-order valence-electron chi connectivity index (χ0n) is 17.7. The molecule has 0 saturated carbocycles. The molecule has 2 aromatic carbocycles. The second kappa shape index (κ2) is 8.14. The van der Waals surface area contributed by atoms with Gasteiger partial charge in [0, 0.05) is 5.39 Å². The number of aromatic nitrogens is 2. The molecule has 0 radical (unpaired) electrons. The molecule has 0 bridgehead atoms. The van der Waals surface area contributed by atoms with E-state index >= 15 is 0 Å². The van der Waals surface area contributed by atoms with Crippen molar-refractivity contribution in [2.45, 2.75) is 26.3 Å². The largest absolute Gasteiger partial charge is 0.493 e. The van der Waals surface area contributed by atoms with Crippen LogP contribution in [0.5, 0.6) is 11.5 Å². The molecule has 0 unspecified atom stereocenters. The molecule has 8 heteroatoms. The summed E-state index contributed by atoms with van der Waals surface area (Å²) in [6.45, 7) is 3.62. The van der Waals surface area contributed by atoms with Gasteiger partial charge in [0.2, 0.25) is 11.7 Å². The van der Waals surface area contributed by atoms with Crippen LogP contribution in [0, 0.1) is 6.92 Å². The fourth-order valence-corrected chi connectivity index (χ4v) is 3.67. The van der Waals surface area contributed by atoms with E-state index in [0.717, 1.165) is 11.0 Å². The number of aryl methyl sites for hydroxylation is 1. The van der Waals surface area contributed by atoms with Crippen LogP contribution >= 0.6 is 0 Å². The highest BCUT2D eigenvalue weighted by Crippen LogP contribution is 2.36. The second-order valence-electron chi connectivity index (χ2n) is 7.28. The van der Waals surface area contributed by atoms with Gasteiger partial charge in [0.05, 0.1) is 43.3 Å². The van der Waals surface area contributed by atoms with Crippen molar-refractivity contribution in [2.24, 2.45) is 0 Å². The Labute approximate surface area is 178 Å². The number of nitrogens with zero attached hydrogens (tertiary/aromatic N) is 1. The summed E-state index contributed by atoms with van der Waals surface area (Å²) in [5.41, 5.74) is 2.41. The lowest BCUT2D eigenvalue weighted by Gasteiger charge is -2.14. The third-order valence-corrected chi connectivity index (χ3v) is 5.33. The summed E-state index contributed by atoms with van der Waals surface area (Å²) in [5.74, 6) is 1.15. The van der Waals surface area contributed by atoms with E-state index in [1.54, 1.807) is 19.1 Å². The first kappa shape index (κ1) is 20.5. The minimum Gasteiger partial charge on any atom is -0.493 e. The van der Waals surface area contributed by atoms with E-state index in [0.29, 0.717) is 39.4 Å². The topological polar surface area (TPSA) is 106 Å². The van der Waals surface area contributed by atoms with Gasteiger partial charge in [-0.2, -0.15) is 0 Å². The third kappa shape index (κ3) is 3.72. The quantitative estimate of drug-likeness (QED) is 0.462. The van der Waals surface area contributed by atoms with Gasteiger partial charge in [0.15, 0.2) is 11.3 Å². The zero-order valence-corrected chi connectivity index (χ0v) is 17.7. The van der Waals surface area contributed by atoms with Crippen LogP contribution in [0.15, 0.2) is 45.6 Å². The van der Waals surface area contributed by atoms with Crippen molar-refractivity contribution in [1.29, 1.82) is 0 Å². The van der Waals surface area contributed by atoms with Crippen LogP contribution in [0.2, 0.25) is 0 Å².